The molecule has 23 heavy (non-hydrogen) atoms. The van der Waals surface area contributed by atoms with Crippen LogP contribution in [0.5, 0.6) is 5.75 Å². The lowest BCUT2D eigenvalue weighted by Crippen LogP contribution is -2.45. The summed E-state index contributed by atoms with van der Waals surface area (Å²) in [5.41, 5.74) is 0. The van der Waals surface area contributed by atoms with Gasteiger partial charge in [0, 0.05) is 19.6 Å². The molecule has 1 fully saturated rings. The molecule has 1 aromatic carbocycles. The van der Waals surface area contributed by atoms with E-state index in [1.54, 1.807) is 12.1 Å². The molecule has 0 bridgehead atoms. The number of hydrogen-bond donors (Lipinski definition) is 1. The summed E-state index contributed by atoms with van der Waals surface area (Å²) in [6.07, 6.45) is 1.05. The highest BCUT2D eigenvalue weighted by Crippen LogP contribution is 2.17. The number of benzene rings is 1. The Hall–Kier alpha value is -1.82. The second-order valence-electron chi connectivity index (χ2n) is 6.48. The molecule has 1 aliphatic heterocycles. The van der Waals surface area contributed by atoms with Crippen LogP contribution < -0.4 is 10.1 Å². The number of nitrogens with one attached hydrogen (secondary N) is 1. The van der Waals surface area contributed by atoms with Crippen molar-refractivity contribution < 1.29 is 13.9 Å². The topological polar surface area (TPSA) is 44.8 Å². The fraction of sp³-hybridized carbons (Fsp3) is 0.588. The molecule has 0 aromatic heterocycles. The van der Waals surface area contributed by atoms with Crippen molar-refractivity contribution in [2.45, 2.75) is 19.4 Å². The predicted octanol–water partition coefficient (Wildman–Crippen LogP) is 2.19. The Morgan fingerprint density at radius 3 is 2.78 bits per heavy atom. The van der Waals surface area contributed by atoms with Crippen LogP contribution in [0, 0.1) is 11.7 Å². The van der Waals surface area contributed by atoms with E-state index in [9.17, 15) is 9.18 Å². The van der Waals surface area contributed by atoms with Crippen LogP contribution in [0.1, 0.15) is 13.3 Å². The molecule has 128 valence electrons. The van der Waals surface area contributed by atoms with Gasteiger partial charge in [0.1, 0.15) is 18.2 Å². The molecule has 0 aliphatic carbocycles. The highest BCUT2D eigenvalue weighted by molar-refractivity contribution is 5.74. The third-order valence-electron chi connectivity index (χ3n) is 3.88. The van der Waals surface area contributed by atoms with Crippen molar-refractivity contribution in [1.82, 2.24) is 15.1 Å². The number of nitrogens with zero attached hydrogens (tertiary/aromatic N) is 2. The Morgan fingerprint density at radius 1 is 1.43 bits per heavy atom. The summed E-state index contributed by atoms with van der Waals surface area (Å²) >= 11 is 0. The summed E-state index contributed by atoms with van der Waals surface area (Å²) in [4.78, 5) is 16.3. The van der Waals surface area contributed by atoms with Gasteiger partial charge in [-0.25, -0.2) is 9.18 Å². The molecule has 2 amide bonds. The Bertz CT molecular complexity index is 507. The monoisotopic (exact) mass is 323 g/mol. The van der Waals surface area contributed by atoms with Gasteiger partial charge in [-0.15, -0.1) is 0 Å². The molecule has 5 nitrogen and oxygen atoms in total. The lowest BCUT2D eigenvalue weighted by Gasteiger charge is -2.22. The van der Waals surface area contributed by atoms with Crippen molar-refractivity contribution >= 4 is 6.03 Å². The van der Waals surface area contributed by atoms with Crippen LogP contribution >= 0.6 is 0 Å². The normalized spacial score (nSPS) is 19.0. The van der Waals surface area contributed by atoms with Gasteiger partial charge in [0.25, 0.3) is 0 Å². The molecule has 2 atom stereocenters. The van der Waals surface area contributed by atoms with Crippen LogP contribution in [0.15, 0.2) is 24.3 Å². The number of carbonyl (C=O) groups is 1. The number of likely N-dealkylation sites (tertiary alicyclic amines) is 1. The second-order valence-corrected chi connectivity index (χ2v) is 6.48. The molecular formula is C17H26FN3O2. The number of rotatable bonds is 6. The highest BCUT2D eigenvalue weighted by Gasteiger charge is 2.27. The van der Waals surface area contributed by atoms with Crippen LogP contribution in [0.3, 0.4) is 0 Å². The van der Waals surface area contributed by atoms with E-state index in [1.165, 1.54) is 12.1 Å². The average Bonchev–Trinajstić information content (AvgIpc) is 2.94. The summed E-state index contributed by atoms with van der Waals surface area (Å²) in [5, 5.41) is 2.95. The van der Waals surface area contributed by atoms with Gasteiger partial charge < -0.3 is 19.9 Å². The van der Waals surface area contributed by atoms with Crippen LogP contribution in [-0.4, -0.2) is 62.2 Å². The average molecular weight is 323 g/mol. The van der Waals surface area contributed by atoms with E-state index in [4.69, 9.17) is 4.74 Å². The number of amides is 2. The van der Waals surface area contributed by atoms with Gasteiger partial charge in [-0.3, -0.25) is 0 Å². The molecule has 1 saturated heterocycles. The van der Waals surface area contributed by atoms with Crippen LogP contribution in [-0.2, 0) is 0 Å². The first-order chi connectivity index (χ1) is 10.9. The standard InChI is InChI=1S/C17H26FN3O2/c1-13(12-23-16-6-4-15(18)5-7-16)19-17(22)21-9-8-14(11-21)10-20(2)3/h4-7,13-14H,8-12H2,1-3H3,(H,19,22)/t13-,14-/m1/s1. The zero-order valence-electron chi connectivity index (χ0n) is 14.1. The lowest BCUT2D eigenvalue weighted by molar-refractivity contribution is 0.194. The lowest BCUT2D eigenvalue weighted by atomic mass is 10.1. The van der Waals surface area contributed by atoms with Gasteiger partial charge in [-0.05, 0) is 57.6 Å². The summed E-state index contributed by atoms with van der Waals surface area (Å²) in [7, 11) is 4.11. The van der Waals surface area contributed by atoms with Crippen molar-refractivity contribution in [3.63, 3.8) is 0 Å². The summed E-state index contributed by atoms with van der Waals surface area (Å²) in [6.45, 7) is 4.86. The molecule has 0 spiro atoms. The first-order valence-corrected chi connectivity index (χ1v) is 8.02. The maximum atomic E-state index is 12.8. The molecule has 1 aliphatic rings. The molecule has 2 rings (SSSR count). The Morgan fingerprint density at radius 2 is 2.13 bits per heavy atom. The number of carbonyl (C=O) groups excluding carboxylic acids is 1. The number of hydrogen-bond acceptors (Lipinski definition) is 3. The maximum Gasteiger partial charge on any atom is 0.317 e. The van der Waals surface area contributed by atoms with Crippen molar-refractivity contribution in [3.05, 3.63) is 30.1 Å². The summed E-state index contributed by atoms with van der Waals surface area (Å²) in [6, 6.07) is 5.72. The minimum absolute atomic E-state index is 0.0403. The minimum atomic E-state index is -0.292. The van der Waals surface area contributed by atoms with Gasteiger partial charge in [-0.2, -0.15) is 0 Å². The largest absolute Gasteiger partial charge is 0.491 e. The molecule has 1 N–H and O–H groups in total. The van der Waals surface area contributed by atoms with Gasteiger partial charge in [-0.1, -0.05) is 0 Å². The highest BCUT2D eigenvalue weighted by atomic mass is 19.1. The summed E-state index contributed by atoms with van der Waals surface area (Å²) < 4.78 is 18.4. The van der Waals surface area contributed by atoms with E-state index in [0.29, 0.717) is 18.3 Å². The van der Waals surface area contributed by atoms with Crippen LogP contribution in [0.25, 0.3) is 0 Å². The molecule has 0 saturated carbocycles. The van der Waals surface area contributed by atoms with Crippen molar-refractivity contribution in [3.8, 4) is 5.75 Å². The maximum absolute atomic E-state index is 12.8. The smallest absolute Gasteiger partial charge is 0.317 e. The Balaban J connectivity index is 1.71. The third-order valence-corrected chi connectivity index (χ3v) is 3.88. The van der Waals surface area contributed by atoms with Gasteiger partial charge in [0.15, 0.2) is 0 Å². The molecule has 0 unspecified atom stereocenters. The van der Waals surface area contributed by atoms with E-state index in [1.807, 2.05) is 11.8 Å². The van der Waals surface area contributed by atoms with Crippen molar-refractivity contribution in [2.24, 2.45) is 5.92 Å². The van der Waals surface area contributed by atoms with E-state index in [0.717, 1.165) is 26.1 Å². The third kappa shape index (κ3) is 5.71. The zero-order valence-corrected chi connectivity index (χ0v) is 14.1. The van der Waals surface area contributed by atoms with E-state index >= 15 is 0 Å². The fourth-order valence-corrected chi connectivity index (χ4v) is 2.78. The van der Waals surface area contributed by atoms with E-state index < -0.39 is 0 Å². The Labute approximate surface area is 137 Å². The molecule has 1 aromatic rings. The summed E-state index contributed by atoms with van der Waals surface area (Å²) in [5.74, 6) is 0.848. The van der Waals surface area contributed by atoms with Gasteiger partial charge in [0.05, 0.1) is 6.04 Å². The number of halogens is 1. The first kappa shape index (κ1) is 17.5. The minimum Gasteiger partial charge on any atom is -0.491 e. The first-order valence-electron chi connectivity index (χ1n) is 8.02. The molecule has 6 heteroatoms. The number of urea groups is 1. The van der Waals surface area contributed by atoms with E-state index in [2.05, 4.69) is 24.3 Å². The van der Waals surface area contributed by atoms with E-state index in [-0.39, 0.29) is 17.9 Å². The van der Waals surface area contributed by atoms with Crippen molar-refractivity contribution in [1.29, 1.82) is 0 Å². The van der Waals surface area contributed by atoms with Gasteiger partial charge in [0.2, 0.25) is 0 Å². The van der Waals surface area contributed by atoms with Crippen molar-refractivity contribution in [2.75, 3.05) is 40.3 Å². The molecular weight excluding hydrogens is 297 g/mol. The quantitative estimate of drug-likeness (QED) is 0.873. The second kappa shape index (κ2) is 8.15. The zero-order chi connectivity index (χ0) is 16.8. The fourth-order valence-electron chi connectivity index (χ4n) is 2.78. The Kier molecular flexibility index (Phi) is 6.21. The predicted molar refractivity (Wildman–Crippen MR) is 88.1 cm³/mol. The SMILES string of the molecule is C[C@H](COc1ccc(F)cc1)NC(=O)N1CC[C@H](CN(C)C)C1. The molecule has 1 heterocycles. The van der Waals surface area contributed by atoms with Crippen LogP contribution in [0.4, 0.5) is 9.18 Å². The molecule has 0 radical (unpaired) electrons. The number of ether oxygens (including phenoxy) is 1. The van der Waals surface area contributed by atoms with Crippen LogP contribution in [0.2, 0.25) is 0 Å². The van der Waals surface area contributed by atoms with Gasteiger partial charge >= 0.3 is 6.03 Å².